The van der Waals surface area contributed by atoms with Crippen LogP contribution in [0.3, 0.4) is 0 Å². The van der Waals surface area contributed by atoms with Gasteiger partial charge < -0.3 is 10.4 Å². The zero-order chi connectivity index (χ0) is 20.9. The molecule has 0 heterocycles. The number of rotatable bonds is 6. The van der Waals surface area contributed by atoms with Gasteiger partial charge in [-0.05, 0) is 28.5 Å². The van der Waals surface area contributed by atoms with Crippen molar-refractivity contribution in [3.63, 3.8) is 0 Å². The quantitative estimate of drug-likeness (QED) is 0.471. The molecule has 148 valence electrons. The Balaban J connectivity index is 1.49. The van der Waals surface area contributed by atoms with Gasteiger partial charge in [0.2, 0.25) is 0 Å². The number of hydrogen-bond donors (Lipinski definition) is 2. The second kappa shape index (κ2) is 8.72. The molecule has 0 saturated carbocycles. The first-order valence-corrected chi connectivity index (χ1v) is 9.77. The normalized spacial score (nSPS) is 11.8. The van der Waals surface area contributed by atoms with Gasteiger partial charge >= 0.3 is 0 Å². The zero-order valence-electron chi connectivity index (χ0n) is 16.3. The molecule has 0 saturated heterocycles. The van der Waals surface area contributed by atoms with Crippen molar-refractivity contribution in [2.24, 2.45) is 0 Å². The summed E-state index contributed by atoms with van der Waals surface area (Å²) < 4.78 is 0. The molecule has 4 heteroatoms. The van der Waals surface area contributed by atoms with E-state index >= 15 is 0 Å². The average molecular weight is 395 g/mol. The molecule has 4 nitrogen and oxygen atoms in total. The first-order valence-electron chi connectivity index (χ1n) is 9.77. The van der Waals surface area contributed by atoms with Gasteiger partial charge in [0, 0.05) is 17.7 Å². The fourth-order valence-corrected chi connectivity index (χ4v) is 3.44. The lowest BCUT2D eigenvalue weighted by molar-refractivity contribution is 0.0908. The van der Waals surface area contributed by atoms with Crippen molar-refractivity contribution in [2.45, 2.75) is 6.10 Å². The number of aliphatic hydroxyl groups is 1. The number of benzene rings is 4. The molecular formula is C26H21NO3. The minimum atomic E-state index is -0.851. The van der Waals surface area contributed by atoms with Crippen LogP contribution in [0.2, 0.25) is 0 Å². The predicted molar refractivity (Wildman–Crippen MR) is 118 cm³/mol. The molecule has 0 aliphatic rings. The fourth-order valence-electron chi connectivity index (χ4n) is 3.44. The predicted octanol–water partition coefficient (Wildman–Crippen LogP) is 4.53. The van der Waals surface area contributed by atoms with Gasteiger partial charge in [-0.2, -0.15) is 0 Å². The smallest absolute Gasteiger partial charge is 0.252 e. The third-order valence-electron chi connectivity index (χ3n) is 5.07. The highest BCUT2D eigenvalue weighted by Gasteiger charge is 2.19. The van der Waals surface area contributed by atoms with Crippen LogP contribution in [0.5, 0.6) is 0 Å². The Bertz CT molecular complexity index is 1200. The Labute approximate surface area is 174 Å². The van der Waals surface area contributed by atoms with E-state index in [1.807, 2.05) is 48.5 Å². The largest absolute Gasteiger partial charge is 0.387 e. The third-order valence-corrected chi connectivity index (χ3v) is 5.07. The average Bonchev–Trinajstić information content (AvgIpc) is 2.82. The van der Waals surface area contributed by atoms with Gasteiger partial charge in [-0.1, -0.05) is 84.9 Å². The summed E-state index contributed by atoms with van der Waals surface area (Å²) in [6.07, 6.45) is -0.851. The Hall–Kier alpha value is -3.76. The summed E-state index contributed by atoms with van der Waals surface area (Å²) in [6.45, 7) is 0.0467. The number of carbonyl (C=O) groups excluding carboxylic acids is 2. The minimum absolute atomic E-state index is 0.0467. The Kier molecular flexibility index (Phi) is 5.68. The second-order valence-corrected chi connectivity index (χ2v) is 7.07. The standard InChI is InChI=1S/C26H21NO3/c28-24(21-15-14-18-8-4-5-11-20(18)16-21)17-27-26(30)23-13-7-6-12-22(23)25(29)19-9-2-1-3-10-19/h1-16,24,28H,17H2,(H,27,30). The zero-order valence-corrected chi connectivity index (χ0v) is 16.3. The summed E-state index contributed by atoms with van der Waals surface area (Å²) >= 11 is 0. The first kappa shape index (κ1) is 19.6. The highest BCUT2D eigenvalue weighted by atomic mass is 16.3. The lowest BCUT2D eigenvalue weighted by Crippen LogP contribution is -2.29. The van der Waals surface area contributed by atoms with Crippen LogP contribution in [0, 0.1) is 0 Å². The summed E-state index contributed by atoms with van der Waals surface area (Å²) in [5.41, 5.74) is 1.87. The monoisotopic (exact) mass is 395 g/mol. The molecule has 4 aromatic carbocycles. The van der Waals surface area contributed by atoms with E-state index in [4.69, 9.17) is 0 Å². The highest BCUT2D eigenvalue weighted by Crippen LogP contribution is 2.20. The summed E-state index contributed by atoms with van der Waals surface area (Å²) in [5, 5.41) is 15.4. The van der Waals surface area contributed by atoms with Crippen molar-refractivity contribution >= 4 is 22.5 Å². The molecule has 2 N–H and O–H groups in total. The lowest BCUT2D eigenvalue weighted by Gasteiger charge is -2.14. The number of carbonyl (C=O) groups is 2. The molecular weight excluding hydrogens is 374 g/mol. The molecule has 0 radical (unpaired) electrons. The lowest BCUT2D eigenvalue weighted by atomic mass is 9.98. The van der Waals surface area contributed by atoms with E-state index in [2.05, 4.69) is 5.32 Å². The SMILES string of the molecule is O=C(NCC(O)c1ccc2ccccc2c1)c1ccccc1C(=O)c1ccccc1. The maximum Gasteiger partial charge on any atom is 0.252 e. The summed E-state index contributed by atoms with van der Waals surface area (Å²) in [4.78, 5) is 25.6. The van der Waals surface area contributed by atoms with Crippen LogP contribution in [0.15, 0.2) is 97.1 Å². The maximum atomic E-state index is 12.8. The Morgan fingerprint density at radius 2 is 1.37 bits per heavy atom. The second-order valence-electron chi connectivity index (χ2n) is 7.07. The van der Waals surface area contributed by atoms with Crippen LogP contribution in [0.1, 0.15) is 37.9 Å². The number of aliphatic hydroxyl groups excluding tert-OH is 1. The van der Waals surface area contributed by atoms with Crippen LogP contribution in [-0.4, -0.2) is 23.3 Å². The van der Waals surface area contributed by atoms with Crippen molar-refractivity contribution in [3.05, 3.63) is 119 Å². The van der Waals surface area contributed by atoms with E-state index < -0.39 is 12.0 Å². The highest BCUT2D eigenvalue weighted by molar-refractivity contribution is 6.15. The van der Waals surface area contributed by atoms with Gasteiger partial charge in [0.25, 0.3) is 5.91 Å². The molecule has 0 aliphatic heterocycles. The molecule has 0 aliphatic carbocycles. The van der Waals surface area contributed by atoms with Crippen LogP contribution in [-0.2, 0) is 0 Å². The number of fused-ring (bicyclic) bond motifs is 1. The van der Waals surface area contributed by atoms with Crippen LogP contribution < -0.4 is 5.32 Å². The molecule has 4 aromatic rings. The molecule has 4 rings (SSSR count). The number of ketones is 1. The van der Waals surface area contributed by atoms with E-state index in [9.17, 15) is 14.7 Å². The molecule has 1 unspecified atom stereocenters. The van der Waals surface area contributed by atoms with Gasteiger partial charge in [-0.15, -0.1) is 0 Å². The van der Waals surface area contributed by atoms with Gasteiger partial charge in [-0.25, -0.2) is 0 Å². The van der Waals surface area contributed by atoms with Gasteiger partial charge in [0.15, 0.2) is 5.78 Å². The van der Waals surface area contributed by atoms with Gasteiger partial charge in [-0.3, -0.25) is 9.59 Å². The van der Waals surface area contributed by atoms with Crippen molar-refractivity contribution in [1.29, 1.82) is 0 Å². The number of nitrogens with one attached hydrogen (secondary N) is 1. The van der Waals surface area contributed by atoms with Crippen molar-refractivity contribution in [2.75, 3.05) is 6.54 Å². The van der Waals surface area contributed by atoms with Crippen molar-refractivity contribution in [1.82, 2.24) is 5.32 Å². The molecule has 0 bridgehead atoms. The van der Waals surface area contributed by atoms with Crippen LogP contribution >= 0.6 is 0 Å². The summed E-state index contributed by atoms with van der Waals surface area (Å²) in [6, 6.07) is 29.2. The molecule has 30 heavy (non-hydrogen) atoms. The number of amides is 1. The molecule has 0 fully saturated rings. The maximum absolute atomic E-state index is 12.8. The van der Waals surface area contributed by atoms with Crippen molar-refractivity contribution < 1.29 is 14.7 Å². The Morgan fingerprint density at radius 3 is 2.13 bits per heavy atom. The van der Waals surface area contributed by atoms with Gasteiger partial charge in [0.05, 0.1) is 11.7 Å². The van der Waals surface area contributed by atoms with E-state index in [0.717, 1.165) is 16.3 Å². The van der Waals surface area contributed by atoms with E-state index in [0.29, 0.717) is 11.1 Å². The van der Waals surface area contributed by atoms with Gasteiger partial charge in [0.1, 0.15) is 0 Å². The summed E-state index contributed by atoms with van der Waals surface area (Å²) in [5.74, 6) is -0.605. The van der Waals surface area contributed by atoms with E-state index in [1.165, 1.54) is 0 Å². The summed E-state index contributed by atoms with van der Waals surface area (Å²) in [7, 11) is 0. The topological polar surface area (TPSA) is 66.4 Å². The third kappa shape index (κ3) is 4.14. The van der Waals surface area contributed by atoms with E-state index in [-0.39, 0.29) is 17.9 Å². The Morgan fingerprint density at radius 1 is 0.733 bits per heavy atom. The first-order chi connectivity index (χ1) is 14.6. The van der Waals surface area contributed by atoms with Crippen LogP contribution in [0.25, 0.3) is 10.8 Å². The van der Waals surface area contributed by atoms with E-state index in [1.54, 1.807) is 48.5 Å². The van der Waals surface area contributed by atoms with Crippen molar-refractivity contribution in [3.8, 4) is 0 Å². The molecule has 0 aromatic heterocycles. The molecule has 0 spiro atoms. The van der Waals surface area contributed by atoms with Crippen LogP contribution in [0.4, 0.5) is 0 Å². The molecule has 1 atom stereocenters. The number of hydrogen-bond acceptors (Lipinski definition) is 3. The molecule has 1 amide bonds. The minimum Gasteiger partial charge on any atom is -0.387 e. The fraction of sp³-hybridized carbons (Fsp3) is 0.0769.